The first kappa shape index (κ1) is 15.1. The van der Waals surface area contributed by atoms with Gasteiger partial charge in [0, 0.05) is 18.3 Å². The molecule has 0 heterocycles. The van der Waals surface area contributed by atoms with Crippen LogP contribution in [0.5, 0.6) is 5.75 Å². The quantitative estimate of drug-likeness (QED) is 0.752. The average Bonchev–Trinajstić information content (AvgIpc) is 2.34. The van der Waals surface area contributed by atoms with Crippen LogP contribution in [0.15, 0.2) is 24.3 Å². The predicted molar refractivity (Wildman–Crippen MR) is 80.1 cm³/mol. The molecule has 0 atom stereocenters. The zero-order chi connectivity index (χ0) is 14.6. The van der Waals surface area contributed by atoms with E-state index in [9.17, 15) is 8.42 Å². The summed E-state index contributed by atoms with van der Waals surface area (Å²) in [5.74, 6) is 0.545. The Labute approximate surface area is 120 Å². The van der Waals surface area contributed by atoms with Crippen LogP contribution in [0.3, 0.4) is 0 Å². The van der Waals surface area contributed by atoms with Gasteiger partial charge in [-0.1, -0.05) is 19.4 Å². The number of hydrogen-bond acceptors (Lipinski definition) is 4. The molecule has 0 aromatic heterocycles. The fourth-order valence-corrected chi connectivity index (χ4v) is 3.20. The Hall–Kier alpha value is -1.27. The molecular weight excluding hydrogens is 276 g/mol. The van der Waals surface area contributed by atoms with E-state index < -0.39 is 10.0 Å². The molecule has 20 heavy (non-hydrogen) atoms. The summed E-state index contributed by atoms with van der Waals surface area (Å²) >= 11 is 0. The molecule has 3 N–H and O–H groups in total. The lowest BCUT2D eigenvalue weighted by Gasteiger charge is -2.38. The molecule has 0 aliphatic heterocycles. The number of benzene rings is 1. The van der Waals surface area contributed by atoms with Crippen molar-refractivity contribution < 1.29 is 13.2 Å². The van der Waals surface area contributed by atoms with Crippen molar-refractivity contribution >= 4 is 15.7 Å². The van der Waals surface area contributed by atoms with Gasteiger partial charge in [-0.15, -0.1) is 0 Å². The summed E-state index contributed by atoms with van der Waals surface area (Å²) in [5.41, 5.74) is 6.36. The van der Waals surface area contributed by atoms with Gasteiger partial charge in [-0.25, -0.2) is 13.1 Å². The minimum absolute atomic E-state index is 0.0438. The van der Waals surface area contributed by atoms with Crippen LogP contribution in [0.4, 0.5) is 5.69 Å². The Bertz CT molecular complexity index is 553. The molecular formula is C14H22N2O3S. The fraction of sp³-hybridized carbons (Fsp3) is 0.571. The second kappa shape index (κ2) is 6.01. The topological polar surface area (TPSA) is 81.4 Å². The third kappa shape index (κ3) is 4.38. The van der Waals surface area contributed by atoms with Gasteiger partial charge in [-0.2, -0.15) is 0 Å². The molecule has 0 radical (unpaired) electrons. The second-order valence-corrected chi connectivity index (χ2v) is 7.65. The highest BCUT2D eigenvalue weighted by molar-refractivity contribution is 7.89. The summed E-state index contributed by atoms with van der Waals surface area (Å²) in [6.07, 6.45) is 3.38. The summed E-state index contributed by atoms with van der Waals surface area (Å²) in [5, 5.41) is 0. The van der Waals surface area contributed by atoms with Crippen molar-refractivity contribution in [3.05, 3.63) is 24.3 Å². The van der Waals surface area contributed by atoms with Gasteiger partial charge in [0.1, 0.15) is 12.4 Å². The Kier molecular flexibility index (Phi) is 4.55. The molecule has 0 saturated heterocycles. The Balaban J connectivity index is 1.74. The largest absolute Gasteiger partial charge is 0.492 e. The molecule has 1 aromatic carbocycles. The van der Waals surface area contributed by atoms with E-state index in [1.807, 2.05) is 0 Å². The second-order valence-electron chi connectivity index (χ2n) is 5.73. The number of ether oxygens (including phenoxy) is 1. The summed E-state index contributed by atoms with van der Waals surface area (Å²) in [4.78, 5) is 0. The molecule has 0 amide bonds. The summed E-state index contributed by atoms with van der Waals surface area (Å²) in [6.45, 7) is 2.76. The van der Waals surface area contributed by atoms with Crippen molar-refractivity contribution in [3.63, 3.8) is 0 Å². The molecule has 1 aliphatic carbocycles. The van der Waals surface area contributed by atoms with E-state index >= 15 is 0 Å². The average molecular weight is 298 g/mol. The van der Waals surface area contributed by atoms with Crippen LogP contribution in [0.25, 0.3) is 0 Å². The fourth-order valence-electron chi connectivity index (χ4n) is 2.19. The van der Waals surface area contributed by atoms with Gasteiger partial charge in [0.25, 0.3) is 0 Å². The molecule has 6 heteroatoms. The molecule has 1 aromatic rings. The minimum Gasteiger partial charge on any atom is -0.492 e. The van der Waals surface area contributed by atoms with E-state index in [2.05, 4.69) is 11.6 Å². The van der Waals surface area contributed by atoms with Crippen LogP contribution >= 0.6 is 0 Å². The molecule has 1 aliphatic rings. The molecule has 0 bridgehead atoms. The molecule has 1 fully saturated rings. The van der Waals surface area contributed by atoms with Gasteiger partial charge in [-0.05, 0) is 30.4 Å². The first-order valence-corrected chi connectivity index (χ1v) is 8.50. The number of nitrogens with one attached hydrogen (secondary N) is 1. The van der Waals surface area contributed by atoms with E-state index in [4.69, 9.17) is 10.5 Å². The zero-order valence-corrected chi connectivity index (χ0v) is 12.6. The minimum atomic E-state index is -3.28. The van der Waals surface area contributed by atoms with Crippen molar-refractivity contribution in [2.75, 3.05) is 24.6 Å². The Morgan fingerprint density at radius 2 is 2.15 bits per heavy atom. The SMILES string of the molecule is CC1(CNS(=O)(=O)CCOc2cccc(N)c2)CCC1. The first-order chi connectivity index (χ1) is 9.39. The Morgan fingerprint density at radius 3 is 2.75 bits per heavy atom. The number of hydrogen-bond donors (Lipinski definition) is 2. The lowest BCUT2D eigenvalue weighted by molar-refractivity contribution is 0.166. The van der Waals surface area contributed by atoms with E-state index in [1.54, 1.807) is 24.3 Å². The van der Waals surface area contributed by atoms with Crippen molar-refractivity contribution in [3.8, 4) is 5.75 Å². The van der Waals surface area contributed by atoms with Gasteiger partial charge in [0.05, 0.1) is 5.75 Å². The zero-order valence-electron chi connectivity index (χ0n) is 11.8. The Morgan fingerprint density at radius 1 is 1.40 bits per heavy atom. The van der Waals surface area contributed by atoms with Crippen LogP contribution in [0, 0.1) is 5.41 Å². The normalized spacial score (nSPS) is 17.4. The standard InChI is InChI=1S/C14H22N2O3S/c1-14(6-3-7-14)11-16-20(17,18)9-8-19-13-5-2-4-12(15)10-13/h2,4-5,10,16H,3,6-9,11,15H2,1H3. The summed E-state index contributed by atoms with van der Waals surface area (Å²) in [7, 11) is -3.28. The highest BCUT2D eigenvalue weighted by Crippen LogP contribution is 2.39. The van der Waals surface area contributed by atoms with Crippen LogP contribution in [-0.4, -0.2) is 27.3 Å². The number of anilines is 1. The van der Waals surface area contributed by atoms with Crippen LogP contribution < -0.4 is 15.2 Å². The van der Waals surface area contributed by atoms with E-state index in [-0.39, 0.29) is 17.8 Å². The number of rotatable bonds is 7. The molecule has 5 nitrogen and oxygen atoms in total. The summed E-state index contributed by atoms with van der Waals surface area (Å²) in [6, 6.07) is 6.96. The maximum absolute atomic E-state index is 11.9. The van der Waals surface area contributed by atoms with Crippen molar-refractivity contribution in [2.24, 2.45) is 5.41 Å². The van der Waals surface area contributed by atoms with E-state index in [1.165, 1.54) is 6.42 Å². The number of nitrogen functional groups attached to an aromatic ring is 1. The monoisotopic (exact) mass is 298 g/mol. The van der Waals surface area contributed by atoms with Crippen molar-refractivity contribution in [1.29, 1.82) is 0 Å². The maximum Gasteiger partial charge on any atom is 0.214 e. The molecule has 0 spiro atoms. The molecule has 2 rings (SSSR count). The molecule has 112 valence electrons. The van der Waals surface area contributed by atoms with Gasteiger partial charge < -0.3 is 10.5 Å². The van der Waals surface area contributed by atoms with E-state index in [0.29, 0.717) is 18.0 Å². The highest BCUT2D eigenvalue weighted by atomic mass is 32.2. The number of nitrogens with two attached hydrogens (primary N) is 1. The predicted octanol–water partition coefficient (Wildman–Crippen LogP) is 1.76. The smallest absolute Gasteiger partial charge is 0.214 e. The van der Waals surface area contributed by atoms with Crippen LogP contribution in [-0.2, 0) is 10.0 Å². The lowest BCUT2D eigenvalue weighted by atomic mass is 9.71. The third-order valence-electron chi connectivity index (χ3n) is 3.76. The summed E-state index contributed by atoms with van der Waals surface area (Å²) < 4.78 is 31.8. The van der Waals surface area contributed by atoms with Crippen LogP contribution in [0.2, 0.25) is 0 Å². The van der Waals surface area contributed by atoms with Crippen LogP contribution in [0.1, 0.15) is 26.2 Å². The highest BCUT2D eigenvalue weighted by Gasteiger charge is 2.32. The molecule has 0 unspecified atom stereocenters. The van der Waals surface area contributed by atoms with Gasteiger partial charge >= 0.3 is 0 Å². The van der Waals surface area contributed by atoms with Crippen molar-refractivity contribution in [1.82, 2.24) is 4.72 Å². The van der Waals surface area contributed by atoms with Gasteiger partial charge in [0.15, 0.2) is 0 Å². The lowest BCUT2D eigenvalue weighted by Crippen LogP contribution is -2.41. The first-order valence-electron chi connectivity index (χ1n) is 6.84. The van der Waals surface area contributed by atoms with Gasteiger partial charge in [0.2, 0.25) is 10.0 Å². The number of sulfonamides is 1. The van der Waals surface area contributed by atoms with E-state index in [0.717, 1.165) is 12.8 Å². The van der Waals surface area contributed by atoms with Crippen molar-refractivity contribution in [2.45, 2.75) is 26.2 Å². The molecule has 1 saturated carbocycles. The third-order valence-corrected chi connectivity index (χ3v) is 5.05. The maximum atomic E-state index is 11.9. The van der Waals surface area contributed by atoms with Gasteiger partial charge in [-0.3, -0.25) is 0 Å².